The minimum Gasteiger partial charge on any atom is -0.373 e. The van der Waals surface area contributed by atoms with Crippen molar-refractivity contribution in [3.8, 4) is 0 Å². The van der Waals surface area contributed by atoms with Gasteiger partial charge in [-0.25, -0.2) is 9.97 Å². The van der Waals surface area contributed by atoms with E-state index in [0.29, 0.717) is 0 Å². The summed E-state index contributed by atoms with van der Waals surface area (Å²) in [5.74, 6) is 5.38. The number of anilines is 2. The maximum Gasteiger partial charge on any atom is 0.134 e. The highest BCUT2D eigenvalue weighted by Gasteiger charge is 2.15. The van der Waals surface area contributed by atoms with Gasteiger partial charge in [0, 0.05) is 19.2 Å². The van der Waals surface area contributed by atoms with Gasteiger partial charge in [0.25, 0.3) is 0 Å². The topological polar surface area (TPSA) is 49.8 Å². The molecule has 1 aliphatic rings. The molecule has 2 N–H and O–H groups in total. The standard InChI is InChI=1S/C14H24N4S/c1-3-4-12-13(15-2)17-10-18-14(12)16-9-11-5-7-19-8-6-11/h10-11H,3-9H2,1-2H3,(H2,15,16,17,18). The number of hydrogen-bond donors (Lipinski definition) is 2. The molecule has 0 unspecified atom stereocenters. The average Bonchev–Trinajstić information content (AvgIpc) is 2.47. The van der Waals surface area contributed by atoms with E-state index in [9.17, 15) is 0 Å². The molecule has 0 spiro atoms. The molecule has 2 rings (SSSR count). The summed E-state index contributed by atoms with van der Waals surface area (Å²) in [4.78, 5) is 8.73. The van der Waals surface area contributed by atoms with Gasteiger partial charge in [0.05, 0.1) is 0 Å². The number of rotatable bonds is 6. The molecular formula is C14H24N4S. The first-order chi connectivity index (χ1) is 9.35. The average molecular weight is 280 g/mol. The zero-order chi connectivity index (χ0) is 13.5. The number of nitrogens with zero attached hydrogens (tertiary/aromatic N) is 2. The molecule has 19 heavy (non-hydrogen) atoms. The van der Waals surface area contributed by atoms with Crippen LogP contribution in [0.25, 0.3) is 0 Å². The molecule has 0 radical (unpaired) electrons. The zero-order valence-electron chi connectivity index (χ0n) is 11.9. The van der Waals surface area contributed by atoms with E-state index in [1.54, 1.807) is 6.33 Å². The summed E-state index contributed by atoms with van der Waals surface area (Å²) in [5, 5.41) is 6.71. The van der Waals surface area contributed by atoms with E-state index >= 15 is 0 Å². The van der Waals surface area contributed by atoms with Gasteiger partial charge in [-0.3, -0.25) is 0 Å². The molecule has 1 aromatic heterocycles. The van der Waals surface area contributed by atoms with Gasteiger partial charge in [-0.05, 0) is 36.7 Å². The van der Waals surface area contributed by atoms with Crippen LogP contribution in [0.4, 0.5) is 11.6 Å². The second-order valence-corrected chi connectivity index (χ2v) is 6.21. The van der Waals surface area contributed by atoms with Crippen molar-refractivity contribution in [2.45, 2.75) is 32.6 Å². The van der Waals surface area contributed by atoms with Crippen LogP contribution in [0.2, 0.25) is 0 Å². The van der Waals surface area contributed by atoms with Crippen molar-refractivity contribution in [2.75, 3.05) is 35.7 Å². The molecule has 0 amide bonds. The Kier molecular flexibility index (Phi) is 5.76. The fraction of sp³-hybridized carbons (Fsp3) is 0.714. The molecule has 5 heteroatoms. The van der Waals surface area contributed by atoms with E-state index < -0.39 is 0 Å². The summed E-state index contributed by atoms with van der Waals surface area (Å²) < 4.78 is 0. The van der Waals surface area contributed by atoms with Crippen molar-refractivity contribution in [1.82, 2.24) is 9.97 Å². The molecule has 1 aromatic rings. The minimum atomic E-state index is 0.795. The van der Waals surface area contributed by atoms with E-state index in [-0.39, 0.29) is 0 Å². The van der Waals surface area contributed by atoms with Gasteiger partial charge in [0.15, 0.2) is 0 Å². The molecule has 0 aliphatic carbocycles. The SMILES string of the molecule is CCCc1c(NC)ncnc1NCC1CCSCC1. The van der Waals surface area contributed by atoms with Gasteiger partial charge >= 0.3 is 0 Å². The Morgan fingerprint density at radius 2 is 2.00 bits per heavy atom. The van der Waals surface area contributed by atoms with Crippen molar-refractivity contribution < 1.29 is 0 Å². The second-order valence-electron chi connectivity index (χ2n) is 4.99. The lowest BCUT2D eigenvalue weighted by molar-refractivity contribution is 0.515. The fourth-order valence-electron chi connectivity index (χ4n) is 2.46. The molecule has 0 aromatic carbocycles. The third kappa shape index (κ3) is 4.00. The highest BCUT2D eigenvalue weighted by molar-refractivity contribution is 7.99. The van der Waals surface area contributed by atoms with Crippen molar-refractivity contribution in [2.24, 2.45) is 5.92 Å². The van der Waals surface area contributed by atoms with Gasteiger partial charge in [-0.1, -0.05) is 13.3 Å². The van der Waals surface area contributed by atoms with Gasteiger partial charge in [-0.2, -0.15) is 11.8 Å². The van der Waals surface area contributed by atoms with Crippen molar-refractivity contribution in [3.05, 3.63) is 11.9 Å². The smallest absolute Gasteiger partial charge is 0.134 e. The van der Waals surface area contributed by atoms with Crippen LogP contribution in [0.3, 0.4) is 0 Å². The van der Waals surface area contributed by atoms with E-state index in [4.69, 9.17) is 0 Å². The predicted octanol–water partition coefficient (Wildman–Crippen LogP) is 3.03. The Bertz CT molecular complexity index is 391. The molecule has 0 bridgehead atoms. The fourth-order valence-corrected chi connectivity index (χ4v) is 3.66. The van der Waals surface area contributed by atoms with Crippen molar-refractivity contribution in [3.63, 3.8) is 0 Å². The van der Waals surface area contributed by atoms with Crippen LogP contribution in [0.15, 0.2) is 6.33 Å². The summed E-state index contributed by atoms with van der Waals surface area (Å²) in [6.45, 7) is 3.23. The van der Waals surface area contributed by atoms with Gasteiger partial charge in [-0.15, -0.1) is 0 Å². The van der Waals surface area contributed by atoms with Crippen molar-refractivity contribution >= 4 is 23.4 Å². The van der Waals surface area contributed by atoms with Crippen LogP contribution in [-0.2, 0) is 6.42 Å². The van der Waals surface area contributed by atoms with Crippen LogP contribution in [0.1, 0.15) is 31.7 Å². The van der Waals surface area contributed by atoms with Crippen LogP contribution in [0.5, 0.6) is 0 Å². The first kappa shape index (κ1) is 14.4. The highest BCUT2D eigenvalue weighted by Crippen LogP contribution is 2.25. The Morgan fingerprint density at radius 1 is 1.26 bits per heavy atom. The minimum absolute atomic E-state index is 0.795. The van der Waals surface area contributed by atoms with Crippen LogP contribution >= 0.6 is 11.8 Å². The predicted molar refractivity (Wildman–Crippen MR) is 84.1 cm³/mol. The zero-order valence-corrected chi connectivity index (χ0v) is 12.7. The van der Waals surface area contributed by atoms with Crippen LogP contribution in [0, 0.1) is 5.92 Å². The molecule has 0 saturated carbocycles. The number of nitrogens with one attached hydrogen (secondary N) is 2. The first-order valence-corrected chi connectivity index (χ1v) is 8.33. The number of thioether (sulfide) groups is 1. The largest absolute Gasteiger partial charge is 0.373 e. The second kappa shape index (κ2) is 7.58. The molecule has 1 aliphatic heterocycles. The maximum absolute atomic E-state index is 4.42. The van der Waals surface area contributed by atoms with Crippen LogP contribution in [-0.4, -0.2) is 35.1 Å². The number of hydrogen-bond acceptors (Lipinski definition) is 5. The normalized spacial score (nSPS) is 16.3. The molecule has 1 saturated heterocycles. The molecule has 4 nitrogen and oxygen atoms in total. The van der Waals surface area contributed by atoms with E-state index in [1.165, 1.54) is 29.9 Å². The molecule has 0 atom stereocenters. The number of aromatic nitrogens is 2. The Hall–Kier alpha value is -0.970. The molecular weight excluding hydrogens is 256 g/mol. The van der Waals surface area contributed by atoms with Crippen molar-refractivity contribution in [1.29, 1.82) is 0 Å². The first-order valence-electron chi connectivity index (χ1n) is 7.18. The molecule has 106 valence electrons. The van der Waals surface area contributed by atoms with Gasteiger partial charge in [0.1, 0.15) is 18.0 Å². The summed E-state index contributed by atoms with van der Waals surface area (Å²) >= 11 is 2.07. The quantitative estimate of drug-likeness (QED) is 0.839. The Balaban J connectivity index is 2.01. The van der Waals surface area contributed by atoms with Gasteiger partial charge in [0.2, 0.25) is 0 Å². The highest BCUT2D eigenvalue weighted by atomic mass is 32.2. The summed E-state index contributed by atoms with van der Waals surface area (Å²) in [6.07, 6.45) is 6.41. The van der Waals surface area contributed by atoms with E-state index in [0.717, 1.165) is 36.9 Å². The summed E-state index contributed by atoms with van der Waals surface area (Å²) in [7, 11) is 1.92. The monoisotopic (exact) mass is 280 g/mol. The van der Waals surface area contributed by atoms with Gasteiger partial charge < -0.3 is 10.6 Å². The lowest BCUT2D eigenvalue weighted by atomic mass is 10.0. The maximum atomic E-state index is 4.42. The van der Waals surface area contributed by atoms with Crippen LogP contribution < -0.4 is 10.6 Å². The lowest BCUT2D eigenvalue weighted by Gasteiger charge is -2.22. The third-order valence-corrected chi connectivity index (χ3v) is 4.63. The Labute approximate surface area is 120 Å². The third-order valence-electron chi connectivity index (χ3n) is 3.58. The summed E-state index contributed by atoms with van der Waals surface area (Å²) in [5.41, 5.74) is 1.22. The molecule has 2 heterocycles. The Morgan fingerprint density at radius 3 is 2.68 bits per heavy atom. The van der Waals surface area contributed by atoms with E-state index in [1.807, 2.05) is 7.05 Å². The lowest BCUT2D eigenvalue weighted by Crippen LogP contribution is -2.20. The van der Waals surface area contributed by atoms with E-state index in [2.05, 4.69) is 39.3 Å². The molecule has 1 fully saturated rings. The summed E-state index contributed by atoms with van der Waals surface area (Å²) in [6, 6.07) is 0.